The number of benzene rings is 3. The summed E-state index contributed by atoms with van der Waals surface area (Å²) < 4.78 is 76.7. The first-order chi connectivity index (χ1) is 22.4. The summed E-state index contributed by atoms with van der Waals surface area (Å²) in [5.41, 5.74) is 9.34. The van der Waals surface area contributed by atoms with Crippen LogP contribution in [-0.2, 0) is 35.5 Å². The minimum absolute atomic E-state index is 0.0112. The van der Waals surface area contributed by atoms with E-state index in [0.29, 0.717) is 12.1 Å². The Bertz CT molecular complexity index is 1350. The molecule has 47 heavy (non-hydrogen) atoms. The highest BCUT2D eigenvalue weighted by atomic mass is 32.2. The quantitative estimate of drug-likeness (QED) is 0.0748. The molecule has 0 saturated heterocycles. The van der Waals surface area contributed by atoms with Crippen molar-refractivity contribution >= 4 is 17.9 Å². The third-order valence-corrected chi connectivity index (χ3v) is 8.22. The number of carbonyl (C=O) groups is 1. The predicted octanol–water partition coefficient (Wildman–Crippen LogP) is 6.56. The van der Waals surface area contributed by atoms with Crippen LogP contribution in [0.3, 0.4) is 0 Å². The van der Waals surface area contributed by atoms with Crippen molar-refractivity contribution < 1.29 is 41.3 Å². The molecule has 13 heteroatoms. The van der Waals surface area contributed by atoms with Crippen LogP contribution >= 0.6 is 11.8 Å². The minimum Gasteiger partial charge on any atom is -0.445 e. The summed E-state index contributed by atoms with van der Waals surface area (Å²) in [5.74, 6) is -1.15. The molecule has 0 heterocycles. The number of nitrogens with two attached hydrogens (primary N) is 1. The number of carbonyl (C=O) groups excluding carboxylic acids is 1. The van der Waals surface area contributed by atoms with Gasteiger partial charge < -0.3 is 20.3 Å². The highest BCUT2D eigenvalue weighted by Crippen LogP contribution is 2.23. The van der Waals surface area contributed by atoms with E-state index in [9.17, 15) is 31.9 Å². The van der Waals surface area contributed by atoms with Crippen LogP contribution in [0.25, 0.3) is 0 Å². The van der Waals surface area contributed by atoms with E-state index in [4.69, 9.17) is 15.2 Å². The molecule has 258 valence electrons. The van der Waals surface area contributed by atoms with E-state index in [2.05, 4.69) is 5.32 Å². The van der Waals surface area contributed by atoms with E-state index < -0.39 is 48.7 Å². The number of thioether (sulfide) groups is 1. The van der Waals surface area contributed by atoms with Crippen molar-refractivity contribution in [2.45, 2.75) is 70.3 Å². The van der Waals surface area contributed by atoms with Gasteiger partial charge in [0, 0.05) is 37.4 Å². The van der Waals surface area contributed by atoms with Crippen molar-refractivity contribution in [1.29, 1.82) is 0 Å². The Labute approximate surface area is 276 Å². The van der Waals surface area contributed by atoms with Gasteiger partial charge in [-0.15, -0.1) is 0 Å². The van der Waals surface area contributed by atoms with E-state index in [1.165, 1.54) is 11.8 Å². The van der Waals surface area contributed by atoms with E-state index >= 15 is 0 Å². The molecule has 0 radical (unpaired) electrons. The molecule has 0 aliphatic carbocycles. The van der Waals surface area contributed by atoms with Crippen LogP contribution in [0, 0.1) is 11.6 Å². The second-order valence-corrected chi connectivity index (χ2v) is 12.3. The number of alkyl halides is 3. The van der Waals surface area contributed by atoms with Crippen LogP contribution in [0.1, 0.15) is 42.0 Å². The smallest absolute Gasteiger partial charge is 0.409 e. The van der Waals surface area contributed by atoms with Crippen LogP contribution < -0.4 is 11.1 Å². The number of hydrogen-bond acceptors (Lipinski definition) is 7. The van der Waals surface area contributed by atoms with Crippen molar-refractivity contribution in [2.75, 3.05) is 24.8 Å². The van der Waals surface area contributed by atoms with E-state index in [0.717, 1.165) is 41.3 Å². The van der Waals surface area contributed by atoms with Crippen LogP contribution in [0.4, 0.5) is 26.7 Å². The van der Waals surface area contributed by atoms with Crippen molar-refractivity contribution in [3.05, 3.63) is 107 Å². The normalized spacial score (nSPS) is 13.7. The Balaban J connectivity index is 1.68. The zero-order valence-electron chi connectivity index (χ0n) is 26.2. The van der Waals surface area contributed by atoms with Crippen molar-refractivity contribution in [3.63, 3.8) is 0 Å². The van der Waals surface area contributed by atoms with E-state index in [-0.39, 0.29) is 44.2 Å². The molecule has 0 bridgehead atoms. The maximum atomic E-state index is 13.7. The van der Waals surface area contributed by atoms with Gasteiger partial charge in [-0.25, -0.2) is 13.6 Å². The number of amides is 1. The van der Waals surface area contributed by atoms with E-state index in [1.54, 1.807) is 17.0 Å². The lowest BCUT2D eigenvalue weighted by molar-refractivity contribution is -0.134. The van der Waals surface area contributed by atoms with Crippen LogP contribution in [0.2, 0.25) is 0 Å². The van der Waals surface area contributed by atoms with Gasteiger partial charge in [0.25, 0.3) is 0 Å². The second kappa shape index (κ2) is 19.6. The molecule has 1 amide bonds. The van der Waals surface area contributed by atoms with Crippen LogP contribution in [-0.4, -0.2) is 65.4 Å². The fraction of sp³-hybridized carbons (Fsp3) is 0.441. The number of hydrogen-bond donors (Lipinski definition) is 3. The molecule has 0 spiro atoms. The highest BCUT2D eigenvalue weighted by Gasteiger charge is 2.26. The summed E-state index contributed by atoms with van der Waals surface area (Å²) in [5, 5.41) is 13.7. The summed E-state index contributed by atoms with van der Waals surface area (Å²) in [6, 6.07) is 19.1. The standard InChI is InChI=1S/C34H42F5N3O4S/c1-2-24-10-6-11-26(14-24)19-42(20-31(43)30(40)17-27-15-28(35)18-29(36)16-27)23-46-32(22-47-13-7-12-34(37,38)39)41-33(44)45-21-25-8-4-3-5-9-25/h3-6,8-11,14-16,18,30-32,43H,2,7,12-13,17,19-23,40H2,1H3,(H,41,44)/t30-,31+,32-/m0/s1. The summed E-state index contributed by atoms with van der Waals surface area (Å²) in [7, 11) is 0. The molecule has 0 aromatic heterocycles. The zero-order chi connectivity index (χ0) is 34.2. The van der Waals surface area contributed by atoms with Crippen LogP contribution in [0.5, 0.6) is 0 Å². The van der Waals surface area contributed by atoms with Gasteiger partial charge in [-0.1, -0.05) is 61.5 Å². The minimum atomic E-state index is -4.25. The number of nitrogens with zero attached hydrogens (tertiary/aromatic N) is 1. The molecule has 0 aliphatic heterocycles. The number of nitrogens with one attached hydrogen (secondary N) is 1. The number of alkyl carbamates (subject to hydrolysis) is 1. The Morgan fingerprint density at radius 2 is 1.66 bits per heavy atom. The summed E-state index contributed by atoms with van der Waals surface area (Å²) in [6.07, 6.45) is -7.25. The fourth-order valence-electron chi connectivity index (χ4n) is 4.69. The van der Waals surface area contributed by atoms with Gasteiger partial charge in [0.15, 0.2) is 0 Å². The molecule has 0 unspecified atom stereocenters. The van der Waals surface area contributed by atoms with Crippen molar-refractivity contribution in [2.24, 2.45) is 5.73 Å². The summed E-state index contributed by atoms with van der Waals surface area (Å²) >= 11 is 1.20. The number of ether oxygens (including phenoxy) is 2. The molecule has 3 rings (SSSR count). The Morgan fingerprint density at radius 1 is 0.979 bits per heavy atom. The number of rotatable bonds is 19. The second-order valence-electron chi connectivity index (χ2n) is 11.2. The van der Waals surface area contributed by atoms with Gasteiger partial charge in [0.1, 0.15) is 31.2 Å². The highest BCUT2D eigenvalue weighted by molar-refractivity contribution is 7.99. The fourth-order valence-corrected chi connectivity index (χ4v) is 5.60. The summed E-state index contributed by atoms with van der Waals surface area (Å²) in [4.78, 5) is 14.4. The third-order valence-electron chi connectivity index (χ3n) is 7.11. The first kappa shape index (κ1) is 38.2. The zero-order valence-corrected chi connectivity index (χ0v) is 27.0. The van der Waals surface area contributed by atoms with Gasteiger partial charge in [0.05, 0.1) is 6.10 Å². The number of aliphatic hydroxyl groups excluding tert-OH is 1. The summed E-state index contributed by atoms with van der Waals surface area (Å²) in [6.45, 7) is 2.28. The molecular formula is C34H42F5N3O4S. The molecular weight excluding hydrogens is 641 g/mol. The molecule has 3 aromatic carbocycles. The molecule has 7 nitrogen and oxygen atoms in total. The molecule has 3 atom stereocenters. The van der Waals surface area contributed by atoms with Gasteiger partial charge in [-0.05, 0) is 59.4 Å². The number of halogens is 5. The topological polar surface area (TPSA) is 97.0 Å². The molecule has 0 fully saturated rings. The largest absolute Gasteiger partial charge is 0.445 e. The SMILES string of the molecule is CCc1cccc(CN(CO[C@@H](CSCCCC(F)(F)F)NC(=O)OCc2ccccc2)C[C@@H](O)[C@@H](N)Cc2cc(F)cc(F)c2)c1. The average molecular weight is 684 g/mol. The van der Waals surface area contributed by atoms with Gasteiger partial charge in [-0.2, -0.15) is 24.9 Å². The Morgan fingerprint density at radius 3 is 2.34 bits per heavy atom. The molecule has 4 N–H and O–H groups in total. The molecule has 0 aliphatic rings. The van der Waals surface area contributed by atoms with Crippen molar-refractivity contribution in [1.82, 2.24) is 10.2 Å². The predicted molar refractivity (Wildman–Crippen MR) is 172 cm³/mol. The Kier molecular flexibility index (Phi) is 15.9. The van der Waals surface area contributed by atoms with Crippen molar-refractivity contribution in [3.8, 4) is 0 Å². The lowest BCUT2D eigenvalue weighted by atomic mass is 10.0. The van der Waals surface area contributed by atoms with Gasteiger partial charge >= 0.3 is 12.3 Å². The first-order valence-electron chi connectivity index (χ1n) is 15.3. The third kappa shape index (κ3) is 15.5. The number of aliphatic hydroxyl groups is 1. The Hall–Kier alpha value is -3.23. The van der Waals surface area contributed by atoms with Crippen LogP contribution in [0.15, 0.2) is 72.8 Å². The number of aryl methyl sites for hydroxylation is 1. The molecule has 0 saturated carbocycles. The van der Waals surface area contributed by atoms with Gasteiger partial charge in [-0.3, -0.25) is 10.2 Å². The monoisotopic (exact) mass is 683 g/mol. The van der Waals surface area contributed by atoms with E-state index in [1.807, 2.05) is 49.4 Å². The molecule has 3 aromatic rings. The average Bonchev–Trinajstić information content (AvgIpc) is 3.01. The maximum Gasteiger partial charge on any atom is 0.409 e. The van der Waals surface area contributed by atoms with Gasteiger partial charge in [0.2, 0.25) is 0 Å². The maximum absolute atomic E-state index is 13.7. The lowest BCUT2D eigenvalue weighted by Gasteiger charge is -2.30. The first-order valence-corrected chi connectivity index (χ1v) is 16.5. The lowest BCUT2D eigenvalue weighted by Crippen LogP contribution is -2.47.